The quantitative estimate of drug-likeness (QED) is 0.860. The summed E-state index contributed by atoms with van der Waals surface area (Å²) in [5, 5.41) is 0. The van der Waals surface area contributed by atoms with Crippen LogP contribution in [0.1, 0.15) is 44.6 Å². The van der Waals surface area contributed by atoms with Gasteiger partial charge in [-0.3, -0.25) is 4.79 Å². The molecule has 0 atom stereocenters. The molecule has 1 saturated carbocycles. The number of rotatable bonds is 4. The molecule has 1 fully saturated rings. The van der Waals surface area contributed by atoms with Crippen molar-refractivity contribution < 1.29 is 13.2 Å². The molecule has 0 bridgehead atoms. The van der Waals surface area contributed by atoms with E-state index >= 15 is 0 Å². The van der Waals surface area contributed by atoms with E-state index in [1.807, 2.05) is 0 Å². The summed E-state index contributed by atoms with van der Waals surface area (Å²) in [4.78, 5) is 13.5. The normalized spacial score (nSPS) is 20.0. The highest BCUT2D eigenvalue weighted by Crippen LogP contribution is 2.31. The van der Waals surface area contributed by atoms with Crippen molar-refractivity contribution >= 4 is 21.6 Å². The molecule has 3 N–H and O–H groups in total. The molecule has 7 heteroatoms. The van der Waals surface area contributed by atoms with Gasteiger partial charge in [0.1, 0.15) is 0 Å². The number of carbonyl (C=O) groups excluding carboxylic acids is 1. The van der Waals surface area contributed by atoms with E-state index in [-0.39, 0.29) is 17.3 Å². The number of nitrogens with one attached hydrogen (secondary N) is 1. The smallest absolute Gasteiger partial charge is 0.240 e. The second kappa shape index (κ2) is 6.46. The van der Waals surface area contributed by atoms with Gasteiger partial charge >= 0.3 is 0 Å². The molecule has 0 aromatic heterocycles. The number of hydrogen-bond acceptors (Lipinski definition) is 4. The SMILES string of the molecule is CC(=O)N1CCc2ccc(S(=O)(=O)NCC3(N)CCCCC3)cc21. The van der Waals surface area contributed by atoms with Crippen LogP contribution in [0.4, 0.5) is 5.69 Å². The van der Waals surface area contributed by atoms with Crippen molar-refractivity contribution in [1.29, 1.82) is 0 Å². The Labute approximate surface area is 143 Å². The number of nitrogens with zero attached hydrogens (tertiary/aromatic N) is 1. The van der Waals surface area contributed by atoms with Crippen molar-refractivity contribution in [1.82, 2.24) is 4.72 Å². The van der Waals surface area contributed by atoms with Gasteiger partial charge in [0.2, 0.25) is 15.9 Å². The maximum absolute atomic E-state index is 12.6. The lowest BCUT2D eigenvalue weighted by Crippen LogP contribution is -2.51. The minimum atomic E-state index is -3.64. The van der Waals surface area contributed by atoms with E-state index in [4.69, 9.17) is 5.73 Å². The Bertz CT molecular complexity index is 739. The molecule has 2 aliphatic rings. The Morgan fingerprint density at radius 2 is 2.00 bits per heavy atom. The molecular formula is C17H25N3O3S. The van der Waals surface area contributed by atoms with Gasteiger partial charge in [-0.15, -0.1) is 0 Å². The van der Waals surface area contributed by atoms with Crippen LogP contribution in [0.25, 0.3) is 0 Å². The lowest BCUT2D eigenvalue weighted by Gasteiger charge is -2.33. The lowest BCUT2D eigenvalue weighted by molar-refractivity contribution is -0.116. The van der Waals surface area contributed by atoms with Gasteiger partial charge in [0.25, 0.3) is 0 Å². The maximum Gasteiger partial charge on any atom is 0.240 e. The molecule has 24 heavy (non-hydrogen) atoms. The van der Waals surface area contributed by atoms with Crippen molar-refractivity contribution in [2.45, 2.75) is 55.9 Å². The first-order chi connectivity index (χ1) is 11.3. The highest BCUT2D eigenvalue weighted by molar-refractivity contribution is 7.89. The molecule has 1 aliphatic carbocycles. The minimum absolute atomic E-state index is 0.0700. The Morgan fingerprint density at radius 3 is 2.67 bits per heavy atom. The van der Waals surface area contributed by atoms with Crippen LogP contribution in [0, 0.1) is 0 Å². The Morgan fingerprint density at radius 1 is 1.29 bits per heavy atom. The summed E-state index contributed by atoms with van der Waals surface area (Å²) in [6, 6.07) is 5.00. The fourth-order valence-electron chi connectivity index (χ4n) is 3.61. The third kappa shape index (κ3) is 3.48. The highest BCUT2D eigenvalue weighted by Gasteiger charge is 2.30. The van der Waals surface area contributed by atoms with Crippen LogP contribution in [0.15, 0.2) is 23.1 Å². The average Bonchev–Trinajstić information content (AvgIpc) is 2.97. The first kappa shape index (κ1) is 17.4. The second-order valence-electron chi connectivity index (χ2n) is 6.96. The van der Waals surface area contributed by atoms with Crippen molar-refractivity contribution in [2.75, 3.05) is 18.0 Å². The van der Waals surface area contributed by atoms with Gasteiger partial charge < -0.3 is 10.6 Å². The van der Waals surface area contributed by atoms with Gasteiger partial charge in [0.15, 0.2) is 0 Å². The molecule has 1 amide bonds. The van der Waals surface area contributed by atoms with Gasteiger partial charge in [-0.05, 0) is 37.0 Å². The van der Waals surface area contributed by atoms with Crippen molar-refractivity contribution in [3.8, 4) is 0 Å². The third-order valence-corrected chi connectivity index (χ3v) is 6.51. The number of hydrogen-bond donors (Lipinski definition) is 2. The molecule has 0 unspecified atom stereocenters. The van der Waals surface area contributed by atoms with Gasteiger partial charge in [-0.1, -0.05) is 25.3 Å². The van der Waals surface area contributed by atoms with E-state index in [2.05, 4.69) is 4.72 Å². The first-order valence-corrected chi connectivity index (χ1v) is 9.99. The molecular weight excluding hydrogens is 326 g/mol. The molecule has 0 saturated heterocycles. The van der Waals surface area contributed by atoms with E-state index < -0.39 is 15.6 Å². The zero-order chi connectivity index (χ0) is 17.4. The van der Waals surface area contributed by atoms with Crippen molar-refractivity contribution in [3.05, 3.63) is 23.8 Å². The van der Waals surface area contributed by atoms with Gasteiger partial charge in [-0.2, -0.15) is 0 Å². The van der Waals surface area contributed by atoms with E-state index in [9.17, 15) is 13.2 Å². The van der Waals surface area contributed by atoms with Crippen LogP contribution in [-0.4, -0.2) is 33.0 Å². The van der Waals surface area contributed by atoms with Crippen LogP contribution < -0.4 is 15.4 Å². The van der Waals surface area contributed by atoms with Crippen LogP contribution in [-0.2, 0) is 21.2 Å². The largest absolute Gasteiger partial charge is 0.324 e. The average molecular weight is 351 g/mol. The summed E-state index contributed by atoms with van der Waals surface area (Å²) in [6.45, 7) is 2.35. The molecule has 0 radical (unpaired) electrons. The van der Waals surface area contributed by atoms with Crippen molar-refractivity contribution in [2.24, 2.45) is 5.73 Å². The highest BCUT2D eigenvalue weighted by atomic mass is 32.2. The van der Waals surface area contributed by atoms with E-state index in [0.29, 0.717) is 12.2 Å². The summed E-state index contributed by atoms with van der Waals surface area (Å²) in [5.74, 6) is -0.0700. The topological polar surface area (TPSA) is 92.5 Å². The summed E-state index contributed by atoms with van der Waals surface area (Å²) < 4.78 is 27.9. The van der Waals surface area contributed by atoms with E-state index in [1.54, 1.807) is 23.1 Å². The minimum Gasteiger partial charge on any atom is -0.324 e. The number of amides is 1. The molecule has 1 aromatic carbocycles. The van der Waals surface area contributed by atoms with Crippen LogP contribution in [0.2, 0.25) is 0 Å². The lowest BCUT2D eigenvalue weighted by atomic mass is 9.83. The summed E-state index contributed by atoms with van der Waals surface area (Å²) in [6.07, 6.45) is 5.71. The summed E-state index contributed by atoms with van der Waals surface area (Å²) in [5.41, 5.74) is 7.57. The van der Waals surface area contributed by atoms with Crippen molar-refractivity contribution in [3.63, 3.8) is 0 Å². The fraction of sp³-hybridized carbons (Fsp3) is 0.588. The number of benzene rings is 1. The Balaban J connectivity index is 1.78. The maximum atomic E-state index is 12.6. The second-order valence-corrected chi connectivity index (χ2v) is 8.73. The Kier molecular flexibility index (Phi) is 4.68. The molecule has 1 aliphatic heterocycles. The first-order valence-electron chi connectivity index (χ1n) is 8.50. The number of carbonyl (C=O) groups is 1. The van der Waals surface area contributed by atoms with E-state index in [0.717, 1.165) is 44.1 Å². The van der Waals surface area contributed by atoms with Crippen LogP contribution >= 0.6 is 0 Å². The molecule has 132 valence electrons. The molecule has 3 rings (SSSR count). The summed E-state index contributed by atoms with van der Waals surface area (Å²) >= 11 is 0. The monoisotopic (exact) mass is 351 g/mol. The number of fused-ring (bicyclic) bond motifs is 1. The van der Waals surface area contributed by atoms with E-state index in [1.165, 1.54) is 6.92 Å². The fourth-order valence-corrected chi connectivity index (χ4v) is 4.77. The molecule has 0 spiro atoms. The van der Waals surface area contributed by atoms with Crippen LogP contribution in [0.3, 0.4) is 0 Å². The standard InChI is InChI=1S/C17H25N3O3S/c1-13(21)20-10-7-14-5-6-15(11-16(14)20)24(22,23)19-12-17(18)8-3-2-4-9-17/h5-6,11,19H,2-4,7-10,12,18H2,1H3. The zero-order valence-electron chi connectivity index (χ0n) is 14.0. The summed E-state index contributed by atoms with van der Waals surface area (Å²) in [7, 11) is -3.64. The van der Waals surface area contributed by atoms with Gasteiger partial charge in [-0.25, -0.2) is 13.1 Å². The molecule has 1 heterocycles. The Hall–Kier alpha value is -1.44. The van der Waals surface area contributed by atoms with Gasteiger partial charge in [0.05, 0.1) is 4.90 Å². The molecule has 6 nitrogen and oxygen atoms in total. The predicted molar refractivity (Wildman–Crippen MR) is 93.4 cm³/mol. The zero-order valence-corrected chi connectivity index (χ0v) is 14.9. The number of anilines is 1. The third-order valence-electron chi connectivity index (χ3n) is 5.11. The van der Waals surface area contributed by atoms with Gasteiger partial charge in [0, 0.05) is 31.2 Å². The number of sulfonamides is 1. The number of nitrogens with two attached hydrogens (primary N) is 1. The molecule has 1 aromatic rings. The van der Waals surface area contributed by atoms with Crippen LogP contribution in [0.5, 0.6) is 0 Å². The predicted octanol–water partition coefficient (Wildman–Crippen LogP) is 1.54.